The molecule has 2 aromatic rings. The van der Waals surface area contributed by atoms with Crippen LogP contribution in [0.15, 0.2) is 15.5 Å². The number of anilines is 1. The molecule has 4 N–H and O–H groups in total. The second-order valence-electron chi connectivity index (χ2n) is 8.18. The molecule has 2 aliphatic carbocycles. The van der Waals surface area contributed by atoms with E-state index in [1.54, 1.807) is 20.9 Å². The molecule has 0 bridgehead atoms. The summed E-state index contributed by atoms with van der Waals surface area (Å²) < 4.78 is 18.1. The van der Waals surface area contributed by atoms with E-state index >= 15 is 0 Å². The molecule has 10 heteroatoms. The quantitative estimate of drug-likeness (QED) is 0.700. The summed E-state index contributed by atoms with van der Waals surface area (Å²) in [6, 6.07) is 0.666. The molecule has 0 fully saturated rings. The number of nitrogens with zero attached hydrogens (tertiary/aromatic N) is 4. The Morgan fingerprint density at radius 3 is 2.34 bits per heavy atom. The van der Waals surface area contributed by atoms with Crippen LogP contribution < -0.4 is 10.5 Å². The molecule has 0 aromatic carbocycles. The molecule has 0 spiro atoms. The summed E-state index contributed by atoms with van der Waals surface area (Å²) in [7, 11) is -1.99. The maximum Gasteiger partial charge on any atom is 0.354 e. The van der Waals surface area contributed by atoms with E-state index in [-0.39, 0.29) is 5.03 Å². The van der Waals surface area contributed by atoms with E-state index in [2.05, 4.69) is 14.8 Å². The van der Waals surface area contributed by atoms with Crippen LogP contribution in [0.2, 0.25) is 0 Å². The van der Waals surface area contributed by atoms with E-state index in [4.69, 9.17) is 10.1 Å². The average molecular weight is 419 g/mol. The topological polar surface area (TPSA) is 135 Å². The summed E-state index contributed by atoms with van der Waals surface area (Å²) in [5.74, 6) is 0. The van der Waals surface area contributed by atoms with Gasteiger partial charge in [0.1, 0.15) is 10.6 Å². The summed E-state index contributed by atoms with van der Waals surface area (Å²) >= 11 is 0. The first-order chi connectivity index (χ1) is 13.6. The van der Waals surface area contributed by atoms with Crippen molar-refractivity contribution in [3.8, 4) is 0 Å². The Morgan fingerprint density at radius 1 is 1.24 bits per heavy atom. The number of nitrogens with two attached hydrogens (primary N) is 1. The van der Waals surface area contributed by atoms with Crippen molar-refractivity contribution in [3.05, 3.63) is 34.3 Å². The van der Waals surface area contributed by atoms with Gasteiger partial charge in [-0.05, 0) is 63.5 Å². The molecule has 29 heavy (non-hydrogen) atoms. The minimum absolute atomic E-state index is 0.0787. The molecule has 9 nitrogen and oxygen atoms in total. The average Bonchev–Trinajstić information content (AvgIpc) is 3.31. The van der Waals surface area contributed by atoms with Crippen LogP contribution in [0.3, 0.4) is 0 Å². The van der Waals surface area contributed by atoms with Crippen molar-refractivity contribution in [2.75, 3.05) is 5.32 Å². The molecule has 1 atom stereocenters. The zero-order chi connectivity index (χ0) is 21.0. The number of aliphatic hydroxyl groups is 1. The Balaban J connectivity index is 1.68. The van der Waals surface area contributed by atoms with Crippen LogP contribution in [0.5, 0.6) is 0 Å². The minimum atomic E-state index is -3.54. The van der Waals surface area contributed by atoms with Gasteiger partial charge in [-0.2, -0.15) is 5.10 Å². The van der Waals surface area contributed by atoms with Gasteiger partial charge in [0.15, 0.2) is 9.92 Å². The number of urea groups is 1. The van der Waals surface area contributed by atoms with Crippen LogP contribution in [0.1, 0.15) is 54.9 Å². The van der Waals surface area contributed by atoms with Crippen LogP contribution in [0, 0.1) is 0 Å². The number of amides is 2. The predicted octanol–water partition coefficient (Wildman–Crippen LogP) is 1.95. The number of hydrogen-bond donors (Lipinski definition) is 3. The fraction of sp³-hybridized carbons (Fsp3) is 0.526. The van der Waals surface area contributed by atoms with E-state index in [9.17, 15) is 14.1 Å². The van der Waals surface area contributed by atoms with E-state index in [1.807, 2.05) is 0 Å². The first-order valence-corrected chi connectivity index (χ1v) is 11.3. The van der Waals surface area contributed by atoms with Gasteiger partial charge in [0.25, 0.3) is 0 Å². The van der Waals surface area contributed by atoms with Gasteiger partial charge in [0, 0.05) is 24.5 Å². The van der Waals surface area contributed by atoms with Gasteiger partial charge in [-0.1, -0.05) is 0 Å². The molecule has 2 heterocycles. The van der Waals surface area contributed by atoms with Crippen molar-refractivity contribution in [1.82, 2.24) is 14.8 Å². The highest BCUT2D eigenvalue weighted by atomic mass is 32.2. The number of carbonyl (C=O) groups is 1. The van der Waals surface area contributed by atoms with Crippen molar-refractivity contribution in [2.45, 2.75) is 63.0 Å². The maximum atomic E-state index is 13.0. The van der Waals surface area contributed by atoms with Crippen molar-refractivity contribution in [3.63, 3.8) is 0 Å². The molecular formula is C19H26N6O3S. The fourth-order valence-electron chi connectivity index (χ4n) is 4.06. The molecule has 4 rings (SSSR count). The Hall–Kier alpha value is -2.30. The molecule has 0 saturated carbocycles. The van der Waals surface area contributed by atoms with Crippen molar-refractivity contribution < 1.29 is 14.1 Å². The molecule has 2 amide bonds. The van der Waals surface area contributed by atoms with Crippen LogP contribution in [-0.4, -0.2) is 30.1 Å². The Bertz CT molecular complexity index is 1090. The summed E-state index contributed by atoms with van der Waals surface area (Å²) in [5.41, 5.74) is 4.03. The van der Waals surface area contributed by atoms with Gasteiger partial charge >= 0.3 is 6.03 Å². The summed E-state index contributed by atoms with van der Waals surface area (Å²) in [6.45, 7) is 3.12. The predicted molar refractivity (Wildman–Crippen MR) is 109 cm³/mol. The van der Waals surface area contributed by atoms with Gasteiger partial charge in [-0.15, -0.1) is 4.36 Å². The molecule has 0 saturated heterocycles. The van der Waals surface area contributed by atoms with Gasteiger partial charge in [-0.3, -0.25) is 9.67 Å². The lowest BCUT2D eigenvalue weighted by Crippen LogP contribution is -2.21. The summed E-state index contributed by atoms with van der Waals surface area (Å²) in [5, 5.41) is 23.1. The largest absolute Gasteiger partial charge is 0.384 e. The van der Waals surface area contributed by atoms with E-state index in [1.165, 1.54) is 10.7 Å². The monoisotopic (exact) mass is 418 g/mol. The number of rotatable bonds is 3. The standard InChI is InChI=1S/C19H26N6O3S/c1-19(2,27)15-10-16(25(3)23-15)29(20,28)24-18(26)22-17-11-6-4-8-13(11)21-14-9-5-7-12(14)17/h10,27H,4-9H2,1-3H3,(H3,20,21,22,24,26,28). The second kappa shape index (κ2) is 6.89. The molecule has 1 unspecified atom stereocenters. The lowest BCUT2D eigenvalue weighted by Gasteiger charge is -2.14. The normalized spacial score (nSPS) is 17.6. The third-order valence-corrected chi connectivity index (χ3v) is 6.88. The van der Waals surface area contributed by atoms with Crippen molar-refractivity contribution in [2.24, 2.45) is 16.5 Å². The van der Waals surface area contributed by atoms with E-state index < -0.39 is 21.5 Å². The number of aryl methyl sites for hydroxylation is 3. The highest BCUT2D eigenvalue weighted by molar-refractivity contribution is 7.91. The Kier molecular flexibility index (Phi) is 4.75. The summed E-state index contributed by atoms with van der Waals surface area (Å²) in [6.07, 6.45) is 5.55. The van der Waals surface area contributed by atoms with Gasteiger partial charge < -0.3 is 10.4 Å². The Morgan fingerprint density at radius 2 is 1.83 bits per heavy atom. The molecule has 2 aromatic heterocycles. The SMILES string of the molecule is Cn1nc(C(C)(C)O)cc1S(N)(=O)=NC(=O)Nc1c2c(nc3c1CCC3)CCC2. The van der Waals surface area contributed by atoms with Gasteiger partial charge in [-0.25, -0.2) is 14.1 Å². The zero-order valence-corrected chi connectivity index (χ0v) is 17.7. The summed E-state index contributed by atoms with van der Waals surface area (Å²) in [4.78, 5) is 17.4. The lowest BCUT2D eigenvalue weighted by molar-refractivity contribution is 0.0732. The van der Waals surface area contributed by atoms with Gasteiger partial charge in [0.05, 0.1) is 11.4 Å². The minimum Gasteiger partial charge on any atom is -0.384 e. The van der Waals surface area contributed by atoms with E-state index in [0.29, 0.717) is 5.69 Å². The lowest BCUT2D eigenvalue weighted by atomic mass is 10.1. The number of fused-ring (bicyclic) bond motifs is 2. The van der Waals surface area contributed by atoms with Crippen LogP contribution in [-0.2, 0) is 48.2 Å². The molecule has 2 aliphatic rings. The number of aromatic nitrogens is 3. The van der Waals surface area contributed by atoms with E-state index in [0.717, 1.165) is 66.7 Å². The fourth-order valence-corrected chi connectivity index (χ4v) is 5.14. The maximum absolute atomic E-state index is 13.0. The first kappa shape index (κ1) is 20.0. The van der Waals surface area contributed by atoms with Crippen LogP contribution >= 0.6 is 0 Å². The molecule has 0 aliphatic heterocycles. The zero-order valence-electron chi connectivity index (χ0n) is 16.9. The molecule has 0 radical (unpaired) electrons. The smallest absolute Gasteiger partial charge is 0.354 e. The van der Waals surface area contributed by atoms with Crippen molar-refractivity contribution >= 4 is 21.6 Å². The first-order valence-electron chi connectivity index (χ1n) is 9.72. The number of nitrogens with one attached hydrogen (secondary N) is 1. The number of hydrogen-bond acceptors (Lipinski definition) is 5. The molecule has 156 valence electrons. The highest BCUT2D eigenvalue weighted by Crippen LogP contribution is 2.36. The number of pyridine rings is 1. The number of carbonyl (C=O) groups excluding carboxylic acids is 1. The Labute approximate surface area is 170 Å². The van der Waals surface area contributed by atoms with Gasteiger partial charge in [0.2, 0.25) is 0 Å². The third-order valence-electron chi connectivity index (χ3n) is 5.46. The third kappa shape index (κ3) is 3.67. The van der Waals surface area contributed by atoms with Crippen LogP contribution in [0.25, 0.3) is 0 Å². The van der Waals surface area contributed by atoms with Crippen molar-refractivity contribution in [1.29, 1.82) is 0 Å². The highest BCUT2D eigenvalue weighted by Gasteiger charge is 2.28. The van der Waals surface area contributed by atoms with Crippen LogP contribution in [0.4, 0.5) is 10.5 Å². The molecular weight excluding hydrogens is 392 g/mol. The second-order valence-corrected chi connectivity index (χ2v) is 9.92.